The van der Waals surface area contributed by atoms with Crippen LogP contribution < -0.4 is 0 Å². The Morgan fingerprint density at radius 1 is 1.22 bits per heavy atom. The lowest BCUT2D eigenvalue weighted by atomic mass is 9.80. The SMILES string of the molecule is CO[C@H]1CCN(C(=O)N2CCC(C(=O)O)(c3ccccc3)C2)C1. The minimum absolute atomic E-state index is 0.0800. The molecule has 6 heteroatoms. The summed E-state index contributed by atoms with van der Waals surface area (Å²) in [6.07, 6.45) is 1.36. The summed E-state index contributed by atoms with van der Waals surface area (Å²) in [5, 5.41) is 9.79. The molecule has 0 aliphatic carbocycles. The molecule has 0 radical (unpaired) electrons. The van der Waals surface area contributed by atoms with Gasteiger partial charge in [-0.25, -0.2) is 4.79 Å². The Labute approximate surface area is 135 Å². The van der Waals surface area contributed by atoms with E-state index in [2.05, 4.69) is 0 Å². The number of amides is 2. The number of carboxylic acid groups (broad SMARTS) is 1. The van der Waals surface area contributed by atoms with Crippen LogP contribution in [0.5, 0.6) is 0 Å². The molecule has 2 heterocycles. The number of carboxylic acids is 1. The van der Waals surface area contributed by atoms with E-state index >= 15 is 0 Å². The van der Waals surface area contributed by atoms with Crippen molar-refractivity contribution in [1.29, 1.82) is 0 Å². The molecule has 2 aliphatic heterocycles. The molecule has 6 nitrogen and oxygen atoms in total. The van der Waals surface area contributed by atoms with Crippen LogP contribution in [0.2, 0.25) is 0 Å². The van der Waals surface area contributed by atoms with Gasteiger partial charge >= 0.3 is 12.0 Å². The van der Waals surface area contributed by atoms with Gasteiger partial charge in [0.2, 0.25) is 0 Å². The summed E-state index contributed by atoms with van der Waals surface area (Å²) >= 11 is 0. The predicted octanol–water partition coefficient (Wildman–Crippen LogP) is 1.56. The molecule has 23 heavy (non-hydrogen) atoms. The highest BCUT2D eigenvalue weighted by Crippen LogP contribution is 2.35. The fourth-order valence-corrected chi connectivity index (χ4v) is 3.56. The maximum Gasteiger partial charge on any atom is 0.320 e. The molecule has 2 saturated heterocycles. The number of urea groups is 1. The molecule has 1 aromatic rings. The van der Waals surface area contributed by atoms with E-state index in [9.17, 15) is 14.7 Å². The molecule has 2 aliphatic rings. The van der Waals surface area contributed by atoms with E-state index in [1.54, 1.807) is 16.9 Å². The minimum atomic E-state index is -1.00. The molecular formula is C17H22N2O4. The molecule has 2 amide bonds. The van der Waals surface area contributed by atoms with Gasteiger partial charge < -0.3 is 19.6 Å². The second kappa shape index (κ2) is 6.20. The van der Waals surface area contributed by atoms with E-state index in [-0.39, 0.29) is 18.7 Å². The summed E-state index contributed by atoms with van der Waals surface area (Å²) in [4.78, 5) is 28.0. The maximum absolute atomic E-state index is 12.7. The predicted molar refractivity (Wildman–Crippen MR) is 84.3 cm³/mol. The Hall–Kier alpha value is -2.08. The minimum Gasteiger partial charge on any atom is -0.481 e. The van der Waals surface area contributed by atoms with Crippen LogP contribution in [0.15, 0.2) is 30.3 Å². The van der Waals surface area contributed by atoms with Crippen LogP contribution in [0.4, 0.5) is 4.79 Å². The van der Waals surface area contributed by atoms with Gasteiger partial charge in [0.05, 0.1) is 6.10 Å². The van der Waals surface area contributed by atoms with Gasteiger partial charge in [-0.1, -0.05) is 30.3 Å². The largest absolute Gasteiger partial charge is 0.481 e. The van der Waals surface area contributed by atoms with Crippen LogP contribution in [-0.4, -0.2) is 66.3 Å². The standard InChI is InChI=1S/C17H22N2O4/c1-23-14-7-9-18(11-14)16(22)19-10-8-17(12-19,15(20)21)13-5-3-2-4-6-13/h2-6,14H,7-12H2,1H3,(H,20,21)/t14-,17?/m0/s1. The van der Waals surface area contributed by atoms with E-state index in [0.29, 0.717) is 26.1 Å². The Morgan fingerprint density at radius 2 is 1.96 bits per heavy atom. The summed E-state index contributed by atoms with van der Waals surface area (Å²) < 4.78 is 5.30. The van der Waals surface area contributed by atoms with E-state index in [1.165, 1.54) is 0 Å². The number of ether oxygens (including phenoxy) is 1. The lowest BCUT2D eigenvalue weighted by molar-refractivity contribution is -0.143. The van der Waals surface area contributed by atoms with Crippen molar-refractivity contribution >= 4 is 12.0 Å². The fourth-order valence-electron chi connectivity index (χ4n) is 3.56. The summed E-state index contributed by atoms with van der Waals surface area (Å²) in [6, 6.07) is 9.13. The first kappa shape index (κ1) is 15.8. The number of rotatable bonds is 3. The third kappa shape index (κ3) is 2.79. The molecule has 2 fully saturated rings. The van der Waals surface area contributed by atoms with Gasteiger partial charge in [-0.05, 0) is 18.4 Å². The second-order valence-corrected chi connectivity index (χ2v) is 6.30. The smallest absolute Gasteiger partial charge is 0.320 e. The monoisotopic (exact) mass is 318 g/mol. The highest BCUT2D eigenvalue weighted by Gasteiger charge is 2.48. The molecule has 0 spiro atoms. The fraction of sp³-hybridized carbons (Fsp3) is 0.529. The van der Waals surface area contributed by atoms with Crippen molar-refractivity contribution in [1.82, 2.24) is 9.80 Å². The molecule has 1 N–H and O–H groups in total. The molecule has 0 bridgehead atoms. The normalized spacial score (nSPS) is 27.4. The third-order valence-electron chi connectivity index (χ3n) is 5.02. The van der Waals surface area contributed by atoms with Crippen molar-refractivity contribution < 1.29 is 19.4 Å². The number of hydrogen-bond donors (Lipinski definition) is 1. The van der Waals surface area contributed by atoms with Crippen LogP contribution in [0.3, 0.4) is 0 Å². The van der Waals surface area contributed by atoms with E-state index < -0.39 is 11.4 Å². The first-order valence-corrected chi connectivity index (χ1v) is 7.92. The van der Waals surface area contributed by atoms with Crippen molar-refractivity contribution in [3.63, 3.8) is 0 Å². The van der Waals surface area contributed by atoms with Crippen molar-refractivity contribution in [2.24, 2.45) is 0 Å². The molecular weight excluding hydrogens is 296 g/mol. The number of benzene rings is 1. The van der Waals surface area contributed by atoms with Crippen LogP contribution in [0.1, 0.15) is 18.4 Å². The van der Waals surface area contributed by atoms with Crippen molar-refractivity contribution in [3.05, 3.63) is 35.9 Å². The number of carbonyl (C=O) groups excluding carboxylic acids is 1. The lowest BCUT2D eigenvalue weighted by Gasteiger charge is -2.27. The van der Waals surface area contributed by atoms with Crippen LogP contribution in [0.25, 0.3) is 0 Å². The van der Waals surface area contributed by atoms with Crippen LogP contribution in [-0.2, 0) is 14.9 Å². The zero-order valence-electron chi connectivity index (χ0n) is 13.3. The quantitative estimate of drug-likeness (QED) is 0.918. The van der Waals surface area contributed by atoms with Crippen LogP contribution >= 0.6 is 0 Å². The highest BCUT2D eigenvalue weighted by molar-refractivity contribution is 5.84. The highest BCUT2D eigenvalue weighted by atomic mass is 16.5. The Balaban J connectivity index is 1.76. The first-order valence-electron chi connectivity index (χ1n) is 7.92. The maximum atomic E-state index is 12.7. The van der Waals surface area contributed by atoms with Gasteiger partial charge in [-0.2, -0.15) is 0 Å². The average Bonchev–Trinajstić information content (AvgIpc) is 3.23. The summed E-state index contributed by atoms with van der Waals surface area (Å²) in [6.45, 7) is 1.93. The van der Waals surface area contributed by atoms with Gasteiger partial charge in [0.1, 0.15) is 5.41 Å². The Bertz CT molecular complexity index is 592. The molecule has 2 atom stereocenters. The molecule has 0 saturated carbocycles. The number of likely N-dealkylation sites (tertiary alicyclic amines) is 2. The van der Waals surface area contributed by atoms with E-state index in [0.717, 1.165) is 12.0 Å². The first-order chi connectivity index (χ1) is 11.1. The van der Waals surface area contributed by atoms with Gasteiger partial charge in [-0.3, -0.25) is 4.79 Å². The summed E-state index contributed by atoms with van der Waals surface area (Å²) in [5.41, 5.74) is -0.240. The topological polar surface area (TPSA) is 70.1 Å². The molecule has 1 aromatic carbocycles. The van der Waals surface area contributed by atoms with Gasteiger partial charge in [0.25, 0.3) is 0 Å². The zero-order valence-corrected chi connectivity index (χ0v) is 13.3. The molecule has 1 unspecified atom stereocenters. The van der Waals surface area contributed by atoms with Crippen molar-refractivity contribution in [3.8, 4) is 0 Å². The zero-order chi connectivity index (χ0) is 16.4. The number of nitrogens with zero attached hydrogens (tertiary/aromatic N) is 2. The summed E-state index contributed by atoms with van der Waals surface area (Å²) in [5.74, 6) is -0.866. The number of aliphatic carboxylic acids is 1. The Kier molecular flexibility index (Phi) is 4.26. The molecule has 124 valence electrons. The average molecular weight is 318 g/mol. The van der Waals surface area contributed by atoms with Crippen LogP contribution in [0, 0.1) is 0 Å². The van der Waals surface area contributed by atoms with E-state index in [1.807, 2.05) is 30.3 Å². The van der Waals surface area contributed by atoms with Gasteiger partial charge in [-0.15, -0.1) is 0 Å². The van der Waals surface area contributed by atoms with Crippen molar-refractivity contribution in [2.45, 2.75) is 24.4 Å². The summed E-state index contributed by atoms with van der Waals surface area (Å²) in [7, 11) is 1.65. The molecule has 0 aromatic heterocycles. The number of methoxy groups -OCH3 is 1. The number of hydrogen-bond acceptors (Lipinski definition) is 3. The number of carbonyl (C=O) groups is 2. The Morgan fingerprint density at radius 3 is 2.57 bits per heavy atom. The third-order valence-corrected chi connectivity index (χ3v) is 5.02. The van der Waals surface area contributed by atoms with Crippen molar-refractivity contribution in [2.75, 3.05) is 33.3 Å². The second-order valence-electron chi connectivity index (χ2n) is 6.30. The lowest BCUT2D eigenvalue weighted by Crippen LogP contribution is -2.45. The molecule has 3 rings (SSSR count). The van der Waals surface area contributed by atoms with Gasteiger partial charge in [0.15, 0.2) is 0 Å². The van der Waals surface area contributed by atoms with E-state index in [4.69, 9.17) is 4.74 Å². The van der Waals surface area contributed by atoms with Gasteiger partial charge in [0, 0.05) is 33.3 Å².